The Hall–Kier alpha value is -3.69. The normalized spacial score (nSPS) is 11.3. The number of hydrogen-bond donors (Lipinski definition) is 1. The van der Waals surface area contributed by atoms with E-state index in [-0.39, 0.29) is 17.0 Å². The van der Waals surface area contributed by atoms with Crippen molar-refractivity contribution < 1.29 is 14.3 Å². The maximum atomic E-state index is 13.3. The summed E-state index contributed by atoms with van der Waals surface area (Å²) in [5.74, 6) is -1.52. The van der Waals surface area contributed by atoms with Crippen molar-refractivity contribution in [1.82, 2.24) is 29.4 Å². The molecule has 0 amide bonds. The van der Waals surface area contributed by atoms with Gasteiger partial charge in [0.25, 0.3) is 5.56 Å². The summed E-state index contributed by atoms with van der Waals surface area (Å²) < 4.78 is 15.6. The summed E-state index contributed by atoms with van der Waals surface area (Å²) in [5.41, 5.74) is 1.96. The molecule has 0 unspecified atom stereocenters. The third kappa shape index (κ3) is 2.71. The lowest BCUT2D eigenvalue weighted by Gasteiger charge is -2.04. The number of halogens is 1. The van der Waals surface area contributed by atoms with Crippen LogP contribution < -0.4 is 5.56 Å². The van der Waals surface area contributed by atoms with E-state index >= 15 is 0 Å². The van der Waals surface area contributed by atoms with E-state index in [0.29, 0.717) is 23.3 Å². The van der Waals surface area contributed by atoms with E-state index in [1.54, 1.807) is 12.1 Å². The third-order valence-electron chi connectivity index (χ3n) is 4.15. The SMILES string of the molecule is CCc1nn2c(nnc3c(=O)n(CC(=O)O)cnc32)c1-c1ccc(F)cc1. The molecule has 136 valence electrons. The van der Waals surface area contributed by atoms with Crippen LogP contribution in [0, 0.1) is 5.82 Å². The summed E-state index contributed by atoms with van der Waals surface area (Å²) >= 11 is 0. The molecule has 1 N–H and O–H groups in total. The fourth-order valence-corrected chi connectivity index (χ4v) is 2.92. The highest BCUT2D eigenvalue weighted by Crippen LogP contribution is 2.28. The van der Waals surface area contributed by atoms with Crippen molar-refractivity contribution in [2.45, 2.75) is 19.9 Å². The molecule has 0 aliphatic rings. The van der Waals surface area contributed by atoms with Crippen molar-refractivity contribution in [1.29, 1.82) is 0 Å². The first-order chi connectivity index (χ1) is 13.0. The Kier molecular flexibility index (Phi) is 3.87. The van der Waals surface area contributed by atoms with E-state index in [9.17, 15) is 14.0 Å². The number of rotatable bonds is 4. The molecule has 0 saturated carbocycles. The molecule has 3 aromatic heterocycles. The molecule has 0 fully saturated rings. The van der Waals surface area contributed by atoms with Gasteiger partial charge in [0.2, 0.25) is 0 Å². The molecule has 4 rings (SSSR count). The molecule has 0 bridgehead atoms. The number of hydrogen-bond acceptors (Lipinski definition) is 6. The molecule has 4 aromatic rings. The number of carbonyl (C=O) groups is 1. The maximum absolute atomic E-state index is 13.3. The minimum absolute atomic E-state index is 0.0814. The van der Waals surface area contributed by atoms with Crippen LogP contribution in [0.3, 0.4) is 0 Å². The zero-order chi connectivity index (χ0) is 19.1. The quantitative estimate of drug-likeness (QED) is 0.577. The van der Waals surface area contributed by atoms with Crippen LogP contribution in [0.15, 0.2) is 35.4 Å². The number of fused-ring (bicyclic) bond motifs is 3. The lowest BCUT2D eigenvalue weighted by Crippen LogP contribution is -2.26. The van der Waals surface area contributed by atoms with E-state index in [0.717, 1.165) is 16.5 Å². The van der Waals surface area contributed by atoms with Crippen LogP contribution in [0.1, 0.15) is 12.6 Å². The molecule has 0 saturated heterocycles. The Balaban J connectivity index is 2.01. The van der Waals surface area contributed by atoms with Crippen LogP contribution in [-0.2, 0) is 17.8 Å². The molecule has 3 heterocycles. The van der Waals surface area contributed by atoms with Crippen LogP contribution >= 0.6 is 0 Å². The van der Waals surface area contributed by atoms with Gasteiger partial charge in [-0.1, -0.05) is 19.1 Å². The standard InChI is InChI=1S/C17H13FN6O3/c1-2-11-13(9-3-5-10(18)6-4-9)15-21-20-14-16(24(15)22-11)19-8-23(17(14)27)7-12(25)26/h3-6,8H,2,7H2,1H3,(H,25,26). The van der Waals surface area contributed by atoms with E-state index in [1.165, 1.54) is 16.6 Å². The number of aryl methyl sites for hydroxylation is 1. The van der Waals surface area contributed by atoms with Crippen LogP contribution in [-0.4, -0.2) is 40.4 Å². The van der Waals surface area contributed by atoms with E-state index in [4.69, 9.17) is 5.11 Å². The van der Waals surface area contributed by atoms with Crippen LogP contribution in [0.4, 0.5) is 4.39 Å². The Morgan fingerprint density at radius 2 is 1.93 bits per heavy atom. The van der Waals surface area contributed by atoms with Crippen molar-refractivity contribution in [3.05, 3.63) is 52.5 Å². The van der Waals surface area contributed by atoms with Gasteiger partial charge < -0.3 is 5.11 Å². The molecule has 0 aliphatic carbocycles. The number of carboxylic acid groups (broad SMARTS) is 1. The average molecular weight is 368 g/mol. The van der Waals surface area contributed by atoms with Crippen molar-refractivity contribution in [3.63, 3.8) is 0 Å². The number of carboxylic acids is 1. The predicted molar refractivity (Wildman–Crippen MR) is 92.8 cm³/mol. The highest BCUT2D eigenvalue weighted by atomic mass is 19.1. The summed E-state index contributed by atoms with van der Waals surface area (Å²) in [7, 11) is 0. The zero-order valence-corrected chi connectivity index (χ0v) is 14.1. The Labute approximate surface area is 150 Å². The second-order valence-electron chi connectivity index (χ2n) is 5.86. The van der Waals surface area contributed by atoms with Crippen molar-refractivity contribution >= 4 is 22.8 Å². The molecule has 0 radical (unpaired) electrons. The average Bonchev–Trinajstić information content (AvgIpc) is 3.03. The van der Waals surface area contributed by atoms with Gasteiger partial charge in [-0.05, 0) is 24.1 Å². The smallest absolute Gasteiger partial charge is 0.323 e. The number of aliphatic carboxylic acids is 1. The number of benzene rings is 1. The molecule has 27 heavy (non-hydrogen) atoms. The van der Waals surface area contributed by atoms with Crippen molar-refractivity contribution in [2.75, 3.05) is 0 Å². The van der Waals surface area contributed by atoms with Gasteiger partial charge in [0, 0.05) is 0 Å². The second-order valence-corrected chi connectivity index (χ2v) is 5.86. The minimum atomic E-state index is -1.17. The minimum Gasteiger partial charge on any atom is -0.480 e. The van der Waals surface area contributed by atoms with Gasteiger partial charge in [-0.15, -0.1) is 10.2 Å². The Morgan fingerprint density at radius 1 is 1.19 bits per heavy atom. The van der Waals surface area contributed by atoms with Gasteiger partial charge in [-0.2, -0.15) is 9.61 Å². The first kappa shape index (κ1) is 16.8. The topological polar surface area (TPSA) is 115 Å². The van der Waals surface area contributed by atoms with Crippen LogP contribution in [0.5, 0.6) is 0 Å². The molecule has 0 atom stereocenters. The maximum Gasteiger partial charge on any atom is 0.323 e. The zero-order valence-electron chi connectivity index (χ0n) is 14.1. The highest BCUT2D eigenvalue weighted by Gasteiger charge is 2.19. The van der Waals surface area contributed by atoms with Gasteiger partial charge >= 0.3 is 5.97 Å². The van der Waals surface area contributed by atoms with Gasteiger partial charge in [-0.25, -0.2) is 9.37 Å². The molecule has 9 nitrogen and oxygen atoms in total. The fourth-order valence-electron chi connectivity index (χ4n) is 2.92. The van der Waals surface area contributed by atoms with Gasteiger partial charge in [0.15, 0.2) is 16.8 Å². The van der Waals surface area contributed by atoms with E-state index in [1.807, 2.05) is 6.92 Å². The summed E-state index contributed by atoms with van der Waals surface area (Å²) in [6, 6.07) is 5.93. The fraction of sp³-hybridized carbons (Fsp3) is 0.176. The first-order valence-corrected chi connectivity index (χ1v) is 8.10. The first-order valence-electron chi connectivity index (χ1n) is 8.10. The molecule has 0 spiro atoms. The molecule has 10 heteroatoms. The molecular formula is C17H13FN6O3. The van der Waals surface area contributed by atoms with Crippen LogP contribution in [0.25, 0.3) is 27.9 Å². The van der Waals surface area contributed by atoms with Gasteiger partial charge in [-0.3, -0.25) is 14.2 Å². The monoisotopic (exact) mass is 368 g/mol. The summed E-state index contributed by atoms with van der Waals surface area (Å²) in [6.07, 6.45) is 1.72. The Morgan fingerprint density at radius 3 is 2.59 bits per heavy atom. The second kappa shape index (κ2) is 6.24. The lowest BCUT2D eigenvalue weighted by atomic mass is 10.0. The van der Waals surface area contributed by atoms with Crippen molar-refractivity contribution in [2.24, 2.45) is 0 Å². The molecule has 1 aromatic carbocycles. The van der Waals surface area contributed by atoms with Gasteiger partial charge in [0.1, 0.15) is 18.7 Å². The third-order valence-corrected chi connectivity index (χ3v) is 4.15. The summed E-state index contributed by atoms with van der Waals surface area (Å²) in [6.45, 7) is 1.39. The van der Waals surface area contributed by atoms with E-state index < -0.39 is 18.1 Å². The lowest BCUT2D eigenvalue weighted by molar-refractivity contribution is -0.137. The highest BCUT2D eigenvalue weighted by molar-refractivity contribution is 5.83. The summed E-state index contributed by atoms with van der Waals surface area (Å²) in [5, 5.41) is 21.4. The Bertz CT molecular complexity index is 1250. The molecular weight excluding hydrogens is 355 g/mol. The summed E-state index contributed by atoms with van der Waals surface area (Å²) in [4.78, 5) is 27.5. The predicted octanol–water partition coefficient (Wildman–Crippen LogP) is 1.29. The van der Waals surface area contributed by atoms with Crippen LogP contribution in [0.2, 0.25) is 0 Å². The molecule has 0 aliphatic heterocycles. The number of aromatic nitrogens is 6. The largest absolute Gasteiger partial charge is 0.480 e. The van der Waals surface area contributed by atoms with Gasteiger partial charge in [0.05, 0.1) is 11.3 Å². The number of nitrogens with zero attached hydrogens (tertiary/aromatic N) is 6. The van der Waals surface area contributed by atoms with Crippen molar-refractivity contribution in [3.8, 4) is 11.1 Å². The van der Waals surface area contributed by atoms with E-state index in [2.05, 4.69) is 20.3 Å².